The van der Waals surface area contributed by atoms with E-state index in [0.29, 0.717) is 18.1 Å². The summed E-state index contributed by atoms with van der Waals surface area (Å²) in [6.07, 6.45) is 0. The lowest BCUT2D eigenvalue weighted by atomic mass is 10.2. The number of hydrazone groups is 1. The van der Waals surface area contributed by atoms with E-state index in [1.54, 1.807) is 0 Å². The van der Waals surface area contributed by atoms with E-state index in [-0.39, 0.29) is 31.3 Å². The molecule has 0 radical (unpaired) electrons. The molecule has 0 saturated heterocycles. The first-order valence-corrected chi connectivity index (χ1v) is 7.84. The molecule has 2 N–H and O–H groups in total. The second-order valence-electron chi connectivity index (χ2n) is 5.49. The molecule has 4 rings (SSSR count). The monoisotopic (exact) mass is 356 g/mol. The Balaban J connectivity index is 1.46. The minimum Gasteiger partial charge on any atom is -0.402 e. The summed E-state index contributed by atoms with van der Waals surface area (Å²) in [5.74, 6) is 0.525. The van der Waals surface area contributed by atoms with Gasteiger partial charge in [-0.1, -0.05) is 35.4 Å². The number of hydrogen-bond acceptors (Lipinski definition) is 9. The first-order valence-electron chi connectivity index (χ1n) is 7.84. The Morgan fingerprint density at radius 3 is 2.96 bits per heavy atom. The number of fused-ring (bicyclic) bond motifs is 1. The van der Waals surface area contributed by atoms with Crippen molar-refractivity contribution in [1.29, 1.82) is 0 Å². The van der Waals surface area contributed by atoms with E-state index < -0.39 is 0 Å². The van der Waals surface area contributed by atoms with Gasteiger partial charge in [0.05, 0.1) is 0 Å². The fraction of sp³-hybridized carbons (Fsp3) is 0.267. The van der Waals surface area contributed by atoms with Crippen molar-refractivity contribution in [2.24, 2.45) is 10.1 Å². The quantitative estimate of drug-likeness (QED) is 0.777. The minimum absolute atomic E-state index is 0.0650. The maximum absolute atomic E-state index is 12.3. The molecule has 134 valence electrons. The number of amides is 2. The molecule has 26 heavy (non-hydrogen) atoms. The molecule has 2 amide bonds. The molecule has 0 fully saturated rings. The van der Waals surface area contributed by atoms with Crippen molar-refractivity contribution in [3.8, 4) is 0 Å². The predicted molar refractivity (Wildman–Crippen MR) is 91.0 cm³/mol. The Kier molecular flexibility index (Phi) is 4.19. The van der Waals surface area contributed by atoms with Crippen molar-refractivity contribution in [2.75, 3.05) is 25.8 Å². The summed E-state index contributed by atoms with van der Waals surface area (Å²) >= 11 is 0. The molecule has 0 unspecified atom stereocenters. The molecule has 1 aromatic carbocycles. The van der Waals surface area contributed by atoms with Crippen LogP contribution in [-0.4, -0.2) is 58.2 Å². The molecule has 3 heterocycles. The molecule has 11 nitrogen and oxygen atoms in total. The number of rotatable bonds is 6. The number of anilines is 1. The summed E-state index contributed by atoms with van der Waals surface area (Å²) in [6, 6.07) is 9.78. The molecule has 2 aliphatic rings. The standard InChI is InChI=1S/C15H16N8O3/c1-25-9-23-15(24)22-8-17-11(12(22)18-21-23)13-19-20-14(26-13)16-7-10-5-3-2-4-6-10/h2-6,21H,7-9H2,1H3,(H,16,20). The van der Waals surface area contributed by atoms with E-state index in [0.717, 1.165) is 5.56 Å². The van der Waals surface area contributed by atoms with Gasteiger partial charge in [-0.05, 0) is 5.56 Å². The van der Waals surface area contributed by atoms with E-state index in [1.807, 2.05) is 30.3 Å². The number of hydrogen-bond donors (Lipinski definition) is 2. The molecule has 0 saturated carbocycles. The number of carbonyl (C=O) groups is 1. The highest BCUT2D eigenvalue weighted by Crippen LogP contribution is 2.17. The van der Waals surface area contributed by atoms with Gasteiger partial charge in [-0.15, -0.1) is 10.2 Å². The van der Waals surface area contributed by atoms with Gasteiger partial charge in [-0.25, -0.2) is 10.3 Å². The van der Waals surface area contributed by atoms with Crippen molar-refractivity contribution in [3.63, 3.8) is 0 Å². The summed E-state index contributed by atoms with van der Waals surface area (Å²) in [5, 5.41) is 16.4. The second-order valence-corrected chi connectivity index (χ2v) is 5.49. The van der Waals surface area contributed by atoms with Crippen LogP contribution in [0.4, 0.5) is 10.8 Å². The number of urea groups is 1. The highest BCUT2D eigenvalue weighted by molar-refractivity contribution is 6.49. The Bertz CT molecular complexity index is 863. The molecule has 0 aliphatic carbocycles. The van der Waals surface area contributed by atoms with Gasteiger partial charge in [-0.2, -0.15) is 5.01 Å². The van der Waals surface area contributed by atoms with Gasteiger partial charge in [0.25, 0.3) is 5.89 Å². The highest BCUT2D eigenvalue weighted by Gasteiger charge is 2.38. The Morgan fingerprint density at radius 1 is 1.31 bits per heavy atom. The van der Waals surface area contributed by atoms with Crippen LogP contribution in [0, 0.1) is 0 Å². The number of nitrogens with one attached hydrogen (secondary N) is 2. The Hall–Kier alpha value is -3.47. The SMILES string of the molecule is COCN1NN=C2C(c3nnc(NCc4ccccc4)o3)=NCN2C1=O. The average molecular weight is 356 g/mol. The lowest BCUT2D eigenvalue weighted by Crippen LogP contribution is -2.55. The van der Waals surface area contributed by atoms with Gasteiger partial charge in [-0.3, -0.25) is 9.89 Å². The summed E-state index contributed by atoms with van der Waals surface area (Å²) in [7, 11) is 1.49. The number of ether oxygens (including phenoxy) is 1. The third-order valence-corrected chi connectivity index (χ3v) is 3.75. The third-order valence-electron chi connectivity index (χ3n) is 3.75. The maximum Gasteiger partial charge on any atom is 0.349 e. The lowest BCUT2D eigenvalue weighted by molar-refractivity contribution is 0.0405. The van der Waals surface area contributed by atoms with Crippen LogP contribution in [0.25, 0.3) is 0 Å². The molecule has 0 spiro atoms. The van der Waals surface area contributed by atoms with Crippen LogP contribution in [0.3, 0.4) is 0 Å². The van der Waals surface area contributed by atoms with Gasteiger partial charge < -0.3 is 14.5 Å². The zero-order valence-electron chi connectivity index (χ0n) is 13.9. The average Bonchev–Trinajstić information content (AvgIpc) is 3.30. The number of hydrazine groups is 1. The topological polar surface area (TPSA) is 120 Å². The van der Waals surface area contributed by atoms with Gasteiger partial charge in [0.15, 0.2) is 11.5 Å². The first-order chi connectivity index (χ1) is 12.8. The van der Waals surface area contributed by atoms with Crippen molar-refractivity contribution >= 4 is 23.6 Å². The van der Waals surface area contributed by atoms with Gasteiger partial charge >= 0.3 is 12.0 Å². The number of benzene rings is 1. The smallest absolute Gasteiger partial charge is 0.349 e. The molecular weight excluding hydrogens is 340 g/mol. The van der Waals surface area contributed by atoms with Crippen molar-refractivity contribution in [1.82, 2.24) is 25.6 Å². The number of amidine groups is 1. The van der Waals surface area contributed by atoms with Crippen LogP contribution in [-0.2, 0) is 11.3 Å². The van der Waals surface area contributed by atoms with E-state index in [9.17, 15) is 4.79 Å². The molecular formula is C15H16N8O3. The van der Waals surface area contributed by atoms with E-state index in [4.69, 9.17) is 9.15 Å². The van der Waals surface area contributed by atoms with E-state index in [2.05, 4.69) is 31.1 Å². The molecule has 0 bridgehead atoms. The first kappa shape index (κ1) is 16.0. The van der Waals surface area contributed by atoms with Crippen LogP contribution in [0.5, 0.6) is 0 Å². The summed E-state index contributed by atoms with van der Waals surface area (Å²) in [5.41, 5.74) is 4.06. The van der Waals surface area contributed by atoms with E-state index >= 15 is 0 Å². The van der Waals surface area contributed by atoms with Crippen LogP contribution >= 0.6 is 0 Å². The van der Waals surface area contributed by atoms with Gasteiger partial charge in [0.1, 0.15) is 13.4 Å². The molecule has 1 aromatic heterocycles. The number of aliphatic imine (C=N–C) groups is 1. The third kappa shape index (κ3) is 2.95. The Labute approximate surface area is 148 Å². The predicted octanol–water partition coefficient (Wildman–Crippen LogP) is 0.601. The zero-order valence-corrected chi connectivity index (χ0v) is 13.9. The normalized spacial score (nSPS) is 16.1. The fourth-order valence-electron chi connectivity index (χ4n) is 2.51. The van der Waals surface area contributed by atoms with Crippen molar-refractivity contribution in [2.45, 2.75) is 6.54 Å². The van der Waals surface area contributed by atoms with Crippen molar-refractivity contribution in [3.05, 3.63) is 41.8 Å². The minimum atomic E-state index is -0.322. The number of aromatic nitrogens is 2. The lowest BCUT2D eigenvalue weighted by Gasteiger charge is -2.30. The maximum atomic E-state index is 12.3. The number of carbonyl (C=O) groups excluding carboxylic acids is 1. The van der Waals surface area contributed by atoms with E-state index in [1.165, 1.54) is 17.0 Å². The van der Waals surface area contributed by atoms with Gasteiger partial charge in [0.2, 0.25) is 0 Å². The number of nitrogens with zero attached hydrogens (tertiary/aromatic N) is 6. The fourth-order valence-corrected chi connectivity index (χ4v) is 2.51. The Morgan fingerprint density at radius 2 is 2.15 bits per heavy atom. The van der Waals surface area contributed by atoms with Crippen molar-refractivity contribution < 1.29 is 13.9 Å². The van der Waals surface area contributed by atoms with Crippen LogP contribution < -0.4 is 10.9 Å². The van der Waals surface area contributed by atoms with Gasteiger partial charge in [0, 0.05) is 13.7 Å². The molecule has 11 heteroatoms. The molecule has 2 aliphatic heterocycles. The summed E-state index contributed by atoms with van der Waals surface area (Å²) < 4.78 is 10.5. The summed E-state index contributed by atoms with van der Waals surface area (Å²) in [4.78, 5) is 18.0. The van der Waals surface area contributed by atoms with Crippen LogP contribution in [0.15, 0.2) is 44.8 Å². The summed E-state index contributed by atoms with van der Waals surface area (Å²) in [6.45, 7) is 0.744. The molecule has 2 aromatic rings. The second kappa shape index (κ2) is 6.80. The molecule has 0 atom stereocenters. The zero-order chi connectivity index (χ0) is 17.9. The largest absolute Gasteiger partial charge is 0.402 e. The highest BCUT2D eigenvalue weighted by atomic mass is 16.5. The number of methoxy groups -OCH3 is 1. The van der Waals surface area contributed by atoms with Crippen LogP contribution in [0.1, 0.15) is 11.5 Å². The van der Waals surface area contributed by atoms with Crippen LogP contribution in [0.2, 0.25) is 0 Å².